The van der Waals surface area contributed by atoms with Crippen molar-refractivity contribution in [2.75, 3.05) is 23.9 Å². The van der Waals surface area contributed by atoms with Gasteiger partial charge in [-0.2, -0.15) is 0 Å². The quantitative estimate of drug-likeness (QED) is 0.757. The van der Waals surface area contributed by atoms with Crippen LogP contribution in [0.1, 0.15) is 12.0 Å². The number of benzene rings is 2. The van der Waals surface area contributed by atoms with Gasteiger partial charge >= 0.3 is 0 Å². The average molecular weight is 375 g/mol. The Balaban J connectivity index is 1.55. The van der Waals surface area contributed by atoms with Crippen LogP contribution in [-0.4, -0.2) is 30.5 Å². The number of aromatic nitrogens is 1. The number of pyridine rings is 1. The third-order valence-electron chi connectivity index (χ3n) is 5.01. The first kappa shape index (κ1) is 18.0. The van der Waals surface area contributed by atoms with E-state index in [1.165, 1.54) is 0 Å². The number of ether oxygens (including phenoxy) is 1. The van der Waals surface area contributed by atoms with Crippen LogP contribution in [0.4, 0.5) is 11.4 Å². The predicted molar refractivity (Wildman–Crippen MR) is 109 cm³/mol. The molecule has 2 amide bonds. The van der Waals surface area contributed by atoms with Gasteiger partial charge in [0, 0.05) is 36.3 Å². The second kappa shape index (κ2) is 7.31. The highest BCUT2D eigenvalue weighted by Gasteiger charge is 2.35. The number of nitrogens with one attached hydrogen (secondary N) is 1. The molecule has 3 aromatic rings. The minimum atomic E-state index is -0.418. The van der Waals surface area contributed by atoms with Crippen molar-refractivity contribution in [1.82, 2.24) is 4.98 Å². The number of hydrogen-bond acceptors (Lipinski definition) is 4. The maximum absolute atomic E-state index is 12.9. The van der Waals surface area contributed by atoms with E-state index in [-0.39, 0.29) is 18.2 Å². The van der Waals surface area contributed by atoms with Crippen LogP contribution in [0.3, 0.4) is 0 Å². The molecule has 2 heterocycles. The number of carbonyl (C=O) groups excluding carboxylic acids is 2. The molecule has 142 valence electrons. The van der Waals surface area contributed by atoms with E-state index in [1.807, 2.05) is 49.4 Å². The lowest BCUT2D eigenvalue weighted by atomic mass is 10.1. The molecule has 4 rings (SSSR count). The summed E-state index contributed by atoms with van der Waals surface area (Å²) in [6, 6.07) is 15.1. The molecule has 1 atom stereocenters. The average Bonchev–Trinajstić information content (AvgIpc) is 3.10. The number of hydrogen-bond donors (Lipinski definition) is 1. The van der Waals surface area contributed by atoms with E-state index in [2.05, 4.69) is 10.3 Å². The SMILES string of the molecule is COc1cc(NC(=O)C2CC(=O)N(c3ccc(C)cc3)C2)c2ncccc2c1. The number of nitrogens with zero attached hydrogens (tertiary/aromatic N) is 2. The van der Waals surface area contributed by atoms with Crippen LogP contribution in [0.25, 0.3) is 10.9 Å². The third kappa shape index (κ3) is 3.41. The number of aryl methyl sites for hydroxylation is 1. The summed E-state index contributed by atoms with van der Waals surface area (Å²) in [5.41, 5.74) is 3.22. The van der Waals surface area contributed by atoms with Crippen LogP contribution in [0.15, 0.2) is 54.7 Å². The summed E-state index contributed by atoms with van der Waals surface area (Å²) in [5, 5.41) is 3.82. The molecule has 1 aliphatic rings. The van der Waals surface area contributed by atoms with Crippen LogP contribution in [0, 0.1) is 12.8 Å². The van der Waals surface area contributed by atoms with E-state index < -0.39 is 5.92 Å². The number of fused-ring (bicyclic) bond motifs is 1. The lowest BCUT2D eigenvalue weighted by molar-refractivity contribution is -0.122. The van der Waals surface area contributed by atoms with Crippen molar-refractivity contribution in [1.29, 1.82) is 0 Å². The molecular formula is C22H21N3O3. The minimum absolute atomic E-state index is 0.0439. The maximum atomic E-state index is 12.9. The molecule has 0 aliphatic carbocycles. The maximum Gasteiger partial charge on any atom is 0.229 e. The van der Waals surface area contributed by atoms with E-state index in [1.54, 1.807) is 24.3 Å². The molecule has 0 radical (unpaired) electrons. The molecule has 0 saturated carbocycles. The van der Waals surface area contributed by atoms with Gasteiger partial charge < -0.3 is 15.0 Å². The molecule has 6 nitrogen and oxygen atoms in total. The van der Waals surface area contributed by atoms with Crippen molar-refractivity contribution < 1.29 is 14.3 Å². The van der Waals surface area contributed by atoms with Crippen molar-refractivity contribution in [3.8, 4) is 5.75 Å². The molecular weight excluding hydrogens is 354 g/mol. The Bertz CT molecular complexity index is 1050. The van der Waals surface area contributed by atoms with Gasteiger partial charge in [-0.15, -0.1) is 0 Å². The normalized spacial score (nSPS) is 16.4. The fourth-order valence-corrected chi connectivity index (χ4v) is 3.47. The molecule has 1 unspecified atom stereocenters. The second-order valence-corrected chi connectivity index (χ2v) is 6.98. The summed E-state index contributed by atoms with van der Waals surface area (Å²) in [6.07, 6.45) is 1.87. The molecule has 6 heteroatoms. The summed E-state index contributed by atoms with van der Waals surface area (Å²) in [5.74, 6) is -0.0147. The highest BCUT2D eigenvalue weighted by atomic mass is 16.5. The molecule has 0 spiro atoms. The van der Waals surface area contributed by atoms with Crippen molar-refractivity contribution in [2.45, 2.75) is 13.3 Å². The molecule has 28 heavy (non-hydrogen) atoms. The summed E-state index contributed by atoms with van der Waals surface area (Å²) >= 11 is 0. The van der Waals surface area contributed by atoms with Gasteiger partial charge in [0.25, 0.3) is 0 Å². The van der Waals surface area contributed by atoms with Crippen LogP contribution in [0.2, 0.25) is 0 Å². The van der Waals surface area contributed by atoms with Crippen LogP contribution in [-0.2, 0) is 9.59 Å². The van der Waals surface area contributed by atoms with Crippen LogP contribution >= 0.6 is 0 Å². The van der Waals surface area contributed by atoms with Crippen LogP contribution in [0.5, 0.6) is 5.75 Å². The number of anilines is 2. The van der Waals surface area contributed by atoms with Crippen molar-refractivity contribution in [3.63, 3.8) is 0 Å². The summed E-state index contributed by atoms with van der Waals surface area (Å²) in [4.78, 5) is 31.4. The van der Waals surface area contributed by atoms with E-state index >= 15 is 0 Å². The Labute approximate surface area is 163 Å². The molecule has 2 aromatic carbocycles. The Morgan fingerprint density at radius 1 is 1.21 bits per heavy atom. The summed E-state index contributed by atoms with van der Waals surface area (Å²) in [6.45, 7) is 2.36. The zero-order valence-corrected chi connectivity index (χ0v) is 15.8. The van der Waals surface area contributed by atoms with E-state index in [0.29, 0.717) is 23.5 Å². The van der Waals surface area contributed by atoms with E-state index in [0.717, 1.165) is 16.6 Å². The Morgan fingerprint density at radius 3 is 2.75 bits per heavy atom. The van der Waals surface area contributed by atoms with Crippen LogP contribution < -0.4 is 15.0 Å². The lowest BCUT2D eigenvalue weighted by Gasteiger charge is -2.17. The predicted octanol–water partition coefficient (Wildman–Crippen LogP) is 3.54. The highest BCUT2D eigenvalue weighted by molar-refractivity contribution is 6.06. The van der Waals surface area contributed by atoms with Crippen molar-refractivity contribution in [2.24, 2.45) is 5.92 Å². The summed E-state index contributed by atoms with van der Waals surface area (Å²) in [7, 11) is 1.58. The van der Waals surface area contributed by atoms with Gasteiger partial charge in [0.05, 0.1) is 24.2 Å². The third-order valence-corrected chi connectivity index (χ3v) is 5.01. The molecule has 1 aromatic heterocycles. The van der Waals surface area contributed by atoms with Gasteiger partial charge in [-0.05, 0) is 31.2 Å². The Morgan fingerprint density at radius 2 is 2.00 bits per heavy atom. The first-order valence-corrected chi connectivity index (χ1v) is 9.16. The number of carbonyl (C=O) groups is 2. The molecule has 1 aliphatic heterocycles. The van der Waals surface area contributed by atoms with Crippen molar-refractivity contribution >= 4 is 34.1 Å². The first-order chi connectivity index (χ1) is 13.5. The first-order valence-electron chi connectivity index (χ1n) is 9.16. The van der Waals surface area contributed by atoms with Gasteiger partial charge in [-0.1, -0.05) is 23.8 Å². The Hall–Kier alpha value is -3.41. The topological polar surface area (TPSA) is 71.5 Å². The second-order valence-electron chi connectivity index (χ2n) is 6.98. The number of rotatable bonds is 4. The van der Waals surface area contributed by atoms with Crippen molar-refractivity contribution in [3.05, 3.63) is 60.3 Å². The van der Waals surface area contributed by atoms with Gasteiger partial charge in [0.15, 0.2) is 0 Å². The monoisotopic (exact) mass is 375 g/mol. The van der Waals surface area contributed by atoms with Gasteiger partial charge in [0.2, 0.25) is 11.8 Å². The fourth-order valence-electron chi connectivity index (χ4n) is 3.47. The number of amides is 2. The lowest BCUT2D eigenvalue weighted by Crippen LogP contribution is -2.28. The zero-order chi connectivity index (χ0) is 19.7. The minimum Gasteiger partial charge on any atom is -0.497 e. The van der Waals surface area contributed by atoms with Gasteiger partial charge in [-0.25, -0.2) is 0 Å². The van der Waals surface area contributed by atoms with Gasteiger partial charge in [0.1, 0.15) is 5.75 Å². The fraction of sp³-hybridized carbons (Fsp3) is 0.227. The molecule has 0 bridgehead atoms. The smallest absolute Gasteiger partial charge is 0.229 e. The van der Waals surface area contributed by atoms with E-state index in [4.69, 9.17) is 4.74 Å². The Kier molecular flexibility index (Phi) is 4.69. The zero-order valence-electron chi connectivity index (χ0n) is 15.8. The van der Waals surface area contributed by atoms with Gasteiger partial charge in [-0.3, -0.25) is 14.6 Å². The molecule has 1 fully saturated rings. The standard InChI is InChI=1S/C22H21N3O3/c1-14-5-7-17(8-6-14)25-13-16(11-20(25)26)22(27)24-19-12-18(28-2)10-15-4-3-9-23-21(15)19/h3-10,12,16H,11,13H2,1-2H3,(H,24,27). The highest BCUT2D eigenvalue weighted by Crippen LogP contribution is 2.30. The number of methoxy groups -OCH3 is 1. The molecule has 1 N–H and O–H groups in total. The largest absolute Gasteiger partial charge is 0.497 e. The summed E-state index contributed by atoms with van der Waals surface area (Å²) < 4.78 is 5.33. The molecule has 1 saturated heterocycles. The van der Waals surface area contributed by atoms with E-state index in [9.17, 15) is 9.59 Å².